The number of carbonyl (C=O) groups excluding carboxylic acids is 1. The number of nitrogens with zero attached hydrogens (tertiary/aromatic N) is 1. The first kappa shape index (κ1) is 18.2. The van der Waals surface area contributed by atoms with Crippen molar-refractivity contribution in [1.29, 1.82) is 0 Å². The molecule has 2 bridgehead atoms. The summed E-state index contributed by atoms with van der Waals surface area (Å²) in [6.45, 7) is 0. The first-order valence-corrected chi connectivity index (χ1v) is 9.91. The maximum absolute atomic E-state index is 12.5. The summed E-state index contributed by atoms with van der Waals surface area (Å²) in [4.78, 5) is 12.5. The van der Waals surface area contributed by atoms with E-state index < -0.39 is 0 Å². The van der Waals surface area contributed by atoms with Crippen LogP contribution in [-0.4, -0.2) is 20.7 Å². The fraction of sp³-hybridized carbons (Fsp3) is 0.136. The van der Waals surface area contributed by atoms with Crippen molar-refractivity contribution in [2.24, 2.45) is 0 Å². The average molecular weight is 427 g/mol. The second-order valence-corrected chi connectivity index (χ2v) is 8.09. The van der Waals surface area contributed by atoms with Gasteiger partial charge in [-0.05, 0) is 48.9 Å². The standard InChI is InChI=1S/C22H16Cl2N2O3/c23-16-8-5-14(10-17(16)24)25-20(27)11-3-6-15(7-4-11)26-21(28)18-12-1-2-13(9-12)19(18)22(26)29/h1-8,10,12-13,28-29H,9H2,(H,25,27)/t12-,13+. The number of fused-ring (bicyclic) bond motifs is 5. The van der Waals surface area contributed by atoms with Gasteiger partial charge >= 0.3 is 0 Å². The van der Waals surface area contributed by atoms with Crippen molar-refractivity contribution in [2.45, 2.75) is 18.3 Å². The van der Waals surface area contributed by atoms with Crippen LogP contribution in [0.3, 0.4) is 0 Å². The lowest BCUT2D eigenvalue weighted by molar-refractivity contribution is 0.102. The Labute approximate surface area is 176 Å². The highest BCUT2D eigenvalue weighted by molar-refractivity contribution is 6.42. The van der Waals surface area contributed by atoms with E-state index in [-0.39, 0.29) is 29.5 Å². The Hall–Kier alpha value is -2.89. The largest absolute Gasteiger partial charge is 0.494 e. The lowest BCUT2D eigenvalue weighted by Gasteiger charge is -2.11. The summed E-state index contributed by atoms with van der Waals surface area (Å²) in [7, 11) is 0. The molecule has 7 heteroatoms. The molecule has 3 aromatic rings. The zero-order valence-corrected chi connectivity index (χ0v) is 16.6. The van der Waals surface area contributed by atoms with Crippen molar-refractivity contribution >= 4 is 34.8 Å². The molecule has 2 aliphatic carbocycles. The molecule has 3 N–H and O–H groups in total. The number of aromatic hydroxyl groups is 2. The van der Waals surface area contributed by atoms with E-state index in [1.54, 1.807) is 42.5 Å². The molecular weight excluding hydrogens is 411 g/mol. The number of rotatable bonds is 3. The van der Waals surface area contributed by atoms with Gasteiger partial charge in [-0.25, -0.2) is 0 Å². The summed E-state index contributed by atoms with van der Waals surface area (Å²) in [6.07, 6.45) is 5.06. The minimum Gasteiger partial charge on any atom is -0.494 e. The third-order valence-corrected chi connectivity index (χ3v) is 6.32. The van der Waals surface area contributed by atoms with E-state index in [0.717, 1.165) is 17.5 Å². The molecule has 1 amide bonds. The van der Waals surface area contributed by atoms with Gasteiger partial charge in [0, 0.05) is 34.2 Å². The Morgan fingerprint density at radius 2 is 1.55 bits per heavy atom. The molecule has 0 radical (unpaired) electrons. The predicted octanol–water partition coefficient (Wildman–Crippen LogP) is 5.59. The molecule has 0 spiro atoms. The quantitative estimate of drug-likeness (QED) is 0.477. The summed E-state index contributed by atoms with van der Waals surface area (Å²) in [6, 6.07) is 11.5. The van der Waals surface area contributed by atoms with Crippen LogP contribution in [0.15, 0.2) is 54.6 Å². The van der Waals surface area contributed by atoms with Gasteiger partial charge in [-0.15, -0.1) is 0 Å². The molecule has 146 valence electrons. The van der Waals surface area contributed by atoms with Crippen LogP contribution in [0, 0.1) is 0 Å². The monoisotopic (exact) mass is 426 g/mol. The number of benzene rings is 2. The normalized spacial score (nSPS) is 18.8. The summed E-state index contributed by atoms with van der Waals surface area (Å²) in [5, 5.41) is 24.9. The first-order valence-electron chi connectivity index (χ1n) is 9.15. The number of anilines is 1. The maximum atomic E-state index is 12.5. The smallest absolute Gasteiger partial charge is 0.255 e. The first-order chi connectivity index (χ1) is 13.9. The van der Waals surface area contributed by atoms with E-state index in [1.807, 2.05) is 0 Å². The molecule has 1 heterocycles. The fourth-order valence-electron chi connectivity index (χ4n) is 4.22. The molecule has 0 fully saturated rings. The third-order valence-electron chi connectivity index (χ3n) is 5.59. The van der Waals surface area contributed by atoms with Crippen LogP contribution in [0.1, 0.15) is 39.7 Å². The molecule has 1 aromatic heterocycles. The molecule has 2 aromatic carbocycles. The van der Waals surface area contributed by atoms with Crippen molar-refractivity contribution in [3.63, 3.8) is 0 Å². The van der Waals surface area contributed by atoms with Gasteiger partial charge in [0.25, 0.3) is 5.91 Å². The van der Waals surface area contributed by atoms with E-state index in [1.165, 1.54) is 4.57 Å². The van der Waals surface area contributed by atoms with Crippen molar-refractivity contribution < 1.29 is 15.0 Å². The van der Waals surface area contributed by atoms with E-state index in [0.29, 0.717) is 27.0 Å². The second kappa shape index (κ2) is 6.58. The maximum Gasteiger partial charge on any atom is 0.255 e. The van der Waals surface area contributed by atoms with Crippen LogP contribution in [0.4, 0.5) is 5.69 Å². The molecule has 29 heavy (non-hydrogen) atoms. The lowest BCUT2D eigenvalue weighted by Crippen LogP contribution is -2.11. The third kappa shape index (κ3) is 2.81. The van der Waals surface area contributed by atoms with Crippen LogP contribution in [-0.2, 0) is 0 Å². The van der Waals surface area contributed by atoms with Gasteiger partial charge in [0.05, 0.1) is 15.7 Å². The predicted molar refractivity (Wildman–Crippen MR) is 113 cm³/mol. The number of nitrogens with one attached hydrogen (secondary N) is 1. The highest BCUT2D eigenvalue weighted by atomic mass is 35.5. The molecule has 0 saturated heterocycles. The number of hydrogen-bond acceptors (Lipinski definition) is 3. The van der Waals surface area contributed by atoms with E-state index in [4.69, 9.17) is 23.2 Å². The van der Waals surface area contributed by atoms with Gasteiger partial charge in [0.15, 0.2) is 0 Å². The van der Waals surface area contributed by atoms with E-state index >= 15 is 0 Å². The molecule has 2 atom stereocenters. The van der Waals surface area contributed by atoms with Crippen LogP contribution >= 0.6 is 23.2 Å². The summed E-state index contributed by atoms with van der Waals surface area (Å²) in [5.74, 6) is 0.113. The number of hydrogen-bond donors (Lipinski definition) is 3. The van der Waals surface area contributed by atoms with Crippen LogP contribution in [0.5, 0.6) is 11.8 Å². The Morgan fingerprint density at radius 1 is 0.931 bits per heavy atom. The van der Waals surface area contributed by atoms with Gasteiger partial charge in [0.1, 0.15) is 0 Å². The topological polar surface area (TPSA) is 74.5 Å². The number of carbonyl (C=O) groups is 1. The van der Waals surface area contributed by atoms with E-state index in [9.17, 15) is 15.0 Å². The van der Waals surface area contributed by atoms with E-state index in [2.05, 4.69) is 17.5 Å². The van der Waals surface area contributed by atoms with Crippen molar-refractivity contribution in [3.8, 4) is 17.4 Å². The lowest BCUT2D eigenvalue weighted by atomic mass is 10.0. The molecule has 5 rings (SSSR count). The van der Waals surface area contributed by atoms with Crippen LogP contribution in [0.2, 0.25) is 10.0 Å². The number of halogens is 2. The van der Waals surface area contributed by atoms with Crippen molar-refractivity contribution in [3.05, 3.63) is 81.4 Å². The SMILES string of the molecule is O=C(Nc1ccc(Cl)c(Cl)c1)c1ccc(-n2c(O)c3c(c2O)[C@H]2C=C[C@@H]3C2)cc1. The Morgan fingerprint density at radius 3 is 2.14 bits per heavy atom. The number of aromatic nitrogens is 1. The Kier molecular flexibility index (Phi) is 4.12. The zero-order chi connectivity index (χ0) is 20.3. The average Bonchev–Trinajstić information content (AvgIpc) is 3.39. The number of allylic oxidation sites excluding steroid dienone is 2. The Bertz CT molecular complexity index is 1150. The minimum atomic E-state index is -0.305. The molecule has 0 unspecified atom stereocenters. The summed E-state index contributed by atoms with van der Waals surface area (Å²) >= 11 is 11.9. The van der Waals surface area contributed by atoms with Gasteiger partial charge in [-0.1, -0.05) is 35.4 Å². The second-order valence-electron chi connectivity index (χ2n) is 7.27. The molecule has 0 saturated carbocycles. The van der Waals surface area contributed by atoms with Crippen LogP contribution < -0.4 is 5.32 Å². The van der Waals surface area contributed by atoms with Gasteiger partial charge in [0.2, 0.25) is 11.8 Å². The van der Waals surface area contributed by atoms with Gasteiger partial charge in [-0.3, -0.25) is 9.36 Å². The molecule has 0 aliphatic heterocycles. The zero-order valence-electron chi connectivity index (χ0n) is 15.1. The highest BCUT2D eigenvalue weighted by Gasteiger charge is 2.41. The molecule has 5 nitrogen and oxygen atoms in total. The summed E-state index contributed by atoms with van der Waals surface area (Å²) in [5.41, 5.74) is 3.15. The fourth-order valence-corrected chi connectivity index (χ4v) is 4.52. The van der Waals surface area contributed by atoms with Gasteiger partial charge < -0.3 is 15.5 Å². The summed E-state index contributed by atoms with van der Waals surface area (Å²) < 4.78 is 1.43. The van der Waals surface area contributed by atoms with Crippen LogP contribution in [0.25, 0.3) is 5.69 Å². The minimum absolute atomic E-state index is 0.0577. The molecule has 2 aliphatic rings. The van der Waals surface area contributed by atoms with Gasteiger partial charge in [-0.2, -0.15) is 0 Å². The van der Waals surface area contributed by atoms with Crippen molar-refractivity contribution in [2.75, 3.05) is 5.32 Å². The Balaban J connectivity index is 1.41. The molecular formula is C22H16Cl2N2O3. The number of amides is 1. The van der Waals surface area contributed by atoms with Crippen molar-refractivity contribution in [1.82, 2.24) is 4.57 Å². The highest BCUT2D eigenvalue weighted by Crippen LogP contribution is 2.57.